The van der Waals surface area contributed by atoms with Gasteiger partial charge in [0, 0.05) is 38.3 Å². The Balaban J connectivity index is 0. The number of hydrogen-bond acceptors (Lipinski definition) is 1. The zero-order chi connectivity index (χ0) is 5.91. The van der Waals surface area contributed by atoms with Gasteiger partial charge in [0.25, 0.3) is 0 Å². The zero-order valence-corrected chi connectivity index (χ0v) is 8.45. The summed E-state index contributed by atoms with van der Waals surface area (Å²) in [5.74, 6) is 0. The molecule has 0 bridgehead atoms. The van der Waals surface area contributed by atoms with Gasteiger partial charge in [0.05, 0.1) is 0 Å². The summed E-state index contributed by atoms with van der Waals surface area (Å²) in [4.78, 5) is 0. The van der Waals surface area contributed by atoms with Gasteiger partial charge in [-0.1, -0.05) is 0 Å². The van der Waals surface area contributed by atoms with Gasteiger partial charge in [-0.3, -0.25) is 0 Å². The molecule has 0 spiro atoms. The van der Waals surface area contributed by atoms with Gasteiger partial charge in [0.1, 0.15) is 0 Å². The van der Waals surface area contributed by atoms with E-state index in [1.807, 2.05) is 13.8 Å². The Labute approximate surface area is 77.1 Å². The van der Waals surface area contributed by atoms with Gasteiger partial charge < -0.3 is 11.7 Å². The van der Waals surface area contributed by atoms with E-state index < -0.39 is 0 Å². The number of hydrogen-bond donors (Lipinski definition) is 0. The molecule has 0 rings (SSSR count). The summed E-state index contributed by atoms with van der Waals surface area (Å²) in [5, 5.41) is 0. The molecule has 0 atom stereocenters. The van der Waals surface area contributed by atoms with Crippen molar-refractivity contribution in [1.29, 1.82) is 0 Å². The van der Waals surface area contributed by atoms with Crippen molar-refractivity contribution < 1.29 is 37.4 Å². The van der Waals surface area contributed by atoms with E-state index in [2.05, 4.69) is 14.0 Å². The van der Waals surface area contributed by atoms with Crippen LogP contribution in [0.5, 0.6) is 0 Å². The van der Waals surface area contributed by atoms with E-state index in [0.717, 1.165) is 6.42 Å². The topological polar surface area (TPSA) is 9.23 Å². The first kappa shape index (κ1) is 11.8. The molecule has 0 N–H and O–H groups in total. The molecule has 1 radical (unpaired) electrons. The average molecular weight is 189 g/mol. The number of rotatable bonds is 2. The maximum atomic E-state index is 4.77. The molecule has 0 aliphatic carbocycles. The molecule has 0 fully saturated rings. The molecule has 0 aliphatic heterocycles. The minimum absolute atomic E-state index is 0. The van der Waals surface area contributed by atoms with Crippen molar-refractivity contribution in [3.8, 4) is 0 Å². The predicted octanol–water partition coefficient (Wildman–Crippen LogP) is 1.79. The first-order valence-corrected chi connectivity index (χ1v) is 2.35. The first-order chi connectivity index (χ1) is 3.12. The Morgan fingerprint density at radius 1 is 1.50 bits per heavy atom. The standard InChI is InChI=1S/C6H12O.Y/c1-5-6(2,3)7-4;/h1,4-5H2,2-3H3;/q-2;. The van der Waals surface area contributed by atoms with E-state index in [0.29, 0.717) is 0 Å². The second-order valence-corrected chi connectivity index (χ2v) is 2.15. The van der Waals surface area contributed by atoms with Gasteiger partial charge in [-0.15, -0.1) is 0 Å². The van der Waals surface area contributed by atoms with Crippen molar-refractivity contribution in [1.82, 2.24) is 0 Å². The van der Waals surface area contributed by atoms with Crippen LogP contribution in [0.1, 0.15) is 20.3 Å². The molecule has 0 amide bonds. The van der Waals surface area contributed by atoms with E-state index in [1.54, 1.807) is 0 Å². The molecule has 1 nitrogen and oxygen atoms in total. The van der Waals surface area contributed by atoms with Gasteiger partial charge in [0.2, 0.25) is 0 Å². The maximum absolute atomic E-state index is 4.77. The van der Waals surface area contributed by atoms with E-state index in [-0.39, 0.29) is 38.3 Å². The normalized spacial score (nSPS) is 10.5. The molecule has 0 aromatic heterocycles. The molecule has 47 valence electrons. The molecular weight excluding hydrogens is 177 g/mol. The van der Waals surface area contributed by atoms with Gasteiger partial charge >= 0.3 is 0 Å². The molecule has 0 aliphatic rings. The number of ether oxygens (including phenoxy) is 1. The first-order valence-electron chi connectivity index (χ1n) is 2.35. The Kier molecular flexibility index (Phi) is 7.23. The summed E-state index contributed by atoms with van der Waals surface area (Å²) < 4.78 is 4.77. The monoisotopic (exact) mass is 189 g/mol. The van der Waals surface area contributed by atoms with Crippen LogP contribution in [-0.4, -0.2) is 5.60 Å². The summed E-state index contributed by atoms with van der Waals surface area (Å²) in [7, 11) is 3.29. The molecule has 0 heterocycles. The van der Waals surface area contributed by atoms with Crippen LogP contribution in [0, 0.1) is 14.0 Å². The van der Waals surface area contributed by atoms with Crippen molar-refractivity contribution in [3.63, 3.8) is 0 Å². The molecule has 8 heavy (non-hydrogen) atoms. The molecule has 0 saturated heterocycles. The van der Waals surface area contributed by atoms with Crippen molar-refractivity contribution in [2.24, 2.45) is 0 Å². The van der Waals surface area contributed by atoms with Crippen molar-refractivity contribution >= 4 is 0 Å². The van der Waals surface area contributed by atoms with Crippen LogP contribution in [0.4, 0.5) is 0 Å². The Morgan fingerprint density at radius 2 is 1.88 bits per heavy atom. The largest absolute Gasteiger partial charge is 0.553 e. The molecule has 0 aromatic rings. The van der Waals surface area contributed by atoms with Crippen LogP contribution in [0.3, 0.4) is 0 Å². The van der Waals surface area contributed by atoms with Gasteiger partial charge in [-0.05, 0) is 13.8 Å². The van der Waals surface area contributed by atoms with Crippen LogP contribution < -0.4 is 0 Å². The van der Waals surface area contributed by atoms with E-state index in [1.165, 1.54) is 0 Å². The minimum Gasteiger partial charge on any atom is -0.553 e. The van der Waals surface area contributed by atoms with Crippen LogP contribution in [0.15, 0.2) is 0 Å². The third kappa shape index (κ3) is 5.21. The van der Waals surface area contributed by atoms with E-state index in [4.69, 9.17) is 4.74 Å². The fourth-order valence-electron chi connectivity index (χ4n) is 0.0722. The van der Waals surface area contributed by atoms with Gasteiger partial charge in [-0.25, -0.2) is 7.11 Å². The van der Waals surface area contributed by atoms with Crippen molar-refractivity contribution in [3.05, 3.63) is 14.0 Å². The molecule has 2 heteroatoms. The van der Waals surface area contributed by atoms with Crippen LogP contribution in [0.2, 0.25) is 0 Å². The summed E-state index contributed by atoms with van der Waals surface area (Å²) in [6, 6.07) is 0. The summed E-state index contributed by atoms with van der Waals surface area (Å²) >= 11 is 0. The molecule has 0 aromatic carbocycles. The zero-order valence-electron chi connectivity index (χ0n) is 5.61. The average Bonchev–Trinajstić information content (AvgIpc) is 1.68. The summed E-state index contributed by atoms with van der Waals surface area (Å²) in [5.41, 5.74) is -0.139. The fraction of sp³-hybridized carbons (Fsp3) is 0.667. The molecule has 0 unspecified atom stereocenters. The fourth-order valence-corrected chi connectivity index (χ4v) is 0.0722. The van der Waals surface area contributed by atoms with Crippen LogP contribution in [0.25, 0.3) is 0 Å². The third-order valence-electron chi connectivity index (χ3n) is 0.993. The summed E-state index contributed by atoms with van der Waals surface area (Å²) in [6.07, 6.45) is 0.760. The smallest absolute Gasteiger partial charge is 0.000854 e. The minimum atomic E-state index is -0.139. The van der Waals surface area contributed by atoms with Crippen LogP contribution >= 0.6 is 0 Å². The van der Waals surface area contributed by atoms with E-state index in [9.17, 15) is 0 Å². The molecule has 0 saturated carbocycles. The van der Waals surface area contributed by atoms with Gasteiger partial charge in [0.15, 0.2) is 0 Å². The van der Waals surface area contributed by atoms with Crippen LogP contribution in [-0.2, 0) is 37.4 Å². The molecular formula is C6H12OY-2. The maximum Gasteiger partial charge on any atom is 0.000854 e. The Morgan fingerprint density at radius 3 is 1.88 bits per heavy atom. The second-order valence-electron chi connectivity index (χ2n) is 2.15. The Hall–Kier alpha value is 1.06. The predicted molar refractivity (Wildman–Crippen MR) is 30.5 cm³/mol. The SMILES string of the molecule is [CH2-]CC(C)(C)O[CH2-].[Y]. The third-order valence-corrected chi connectivity index (χ3v) is 0.993. The Bertz CT molecular complexity index is 46.5. The summed E-state index contributed by atoms with van der Waals surface area (Å²) in [6.45, 7) is 7.57. The quantitative estimate of drug-likeness (QED) is 0.601. The van der Waals surface area contributed by atoms with Crippen molar-refractivity contribution in [2.75, 3.05) is 0 Å². The van der Waals surface area contributed by atoms with Gasteiger partial charge in [-0.2, -0.15) is 6.42 Å². The van der Waals surface area contributed by atoms with E-state index >= 15 is 0 Å². The second kappa shape index (κ2) is 4.90. The van der Waals surface area contributed by atoms with Crippen molar-refractivity contribution in [2.45, 2.75) is 25.9 Å².